The predicted octanol–water partition coefficient (Wildman–Crippen LogP) is 3.59. The van der Waals surface area contributed by atoms with Crippen LogP contribution in [0.5, 0.6) is 0 Å². The SMILES string of the molecule is CC1(C(=O)Nc2cnn(Cc3ccc(F)cc3)c2)CC(c2ccccc2)=NO1. The van der Waals surface area contributed by atoms with Gasteiger partial charge < -0.3 is 10.2 Å². The molecule has 1 amide bonds. The molecular weight excluding hydrogens is 359 g/mol. The Kier molecular flexibility index (Phi) is 4.65. The molecule has 6 nitrogen and oxygen atoms in total. The number of nitrogens with zero attached hydrogens (tertiary/aromatic N) is 3. The molecule has 0 spiro atoms. The molecule has 1 atom stereocenters. The van der Waals surface area contributed by atoms with Crippen molar-refractivity contribution in [3.63, 3.8) is 0 Å². The lowest BCUT2D eigenvalue weighted by Gasteiger charge is -2.19. The molecule has 2 heterocycles. The Morgan fingerprint density at radius 2 is 1.96 bits per heavy atom. The second-order valence-electron chi connectivity index (χ2n) is 6.91. The molecule has 3 aromatic rings. The Hall–Kier alpha value is -3.48. The third-order valence-corrected chi connectivity index (χ3v) is 4.60. The van der Waals surface area contributed by atoms with Gasteiger partial charge >= 0.3 is 0 Å². The summed E-state index contributed by atoms with van der Waals surface area (Å²) in [6.45, 7) is 2.19. The summed E-state index contributed by atoms with van der Waals surface area (Å²) in [4.78, 5) is 18.2. The van der Waals surface area contributed by atoms with Crippen LogP contribution in [0.15, 0.2) is 72.1 Å². The minimum Gasteiger partial charge on any atom is -0.379 e. The minimum atomic E-state index is -1.08. The zero-order valence-corrected chi connectivity index (χ0v) is 15.3. The molecule has 0 radical (unpaired) electrons. The molecule has 1 N–H and O–H groups in total. The number of aromatic nitrogens is 2. The maximum absolute atomic E-state index is 13.0. The maximum atomic E-state index is 13.0. The van der Waals surface area contributed by atoms with E-state index in [0.29, 0.717) is 18.7 Å². The van der Waals surface area contributed by atoms with Crippen molar-refractivity contribution in [2.45, 2.75) is 25.5 Å². The molecule has 28 heavy (non-hydrogen) atoms. The highest BCUT2D eigenvalue weighted by Crippen LogP contribution is 2.28. The van der Waals surface area contributed by atoms with Crippen molar-refractivity contribution < 1.29 is 14.0 Å². The van der Waals surface area contributed by atoms with Crippen LogP contribution < -0.4 is 5.32 Å². The monoisotopic (exact) mass is 378 g/mol. The zero-order valence-electron chi connectivity index (χ0n) is 15.3. The number of anilines is 1. The van der Waals surface area contributed by atoms with E-state index in [4.69, 9.17) is 4.84 Å². The van der Waals surface area contributed by atoms with Gasteiger partial charge in [-0.05, 0) is 30.2 Å². The van der Waals surface area contributed by atoms with Crippen LogP contribution in [0.4, 0.5) is 10.1 Å². The highest BCUT2D eigenvalue weighted by Gasteiger charge is 2.42. The molecule has 7 heteroatoms. The van der Waals surface area contributed by atoms with Gasteiger partial charge in [0.05, 0.1) is 24.1 Å². The van der Waals surface area contributed by atoms with E-state index in [1.807, 2.05) is 30.3 Å². The number of carbonyl (C=O) groups is 1. The number of amides is 1. The van der Waals surface area contributed by atoms with Crippen molar-refractivity contribution in [2.24, 2.45) is 5.16 Å². The fourth-order valence-corrected chi connectivity index (χ4v) is 3.00. The first kappa shape index (κ1) is 17.9. The van der Waals surface area contributed by atoms with Crippen LogP contribution in [0.1, 0.15) is 24.5 Å². The van der Waals surface area contributed by atoms with Gasteiger partial charge in [0, 0.05) is 12.6 Å². The van der Waals surface area contributed by atoms with Crippen molar-refractivity contribution in [3.05, 3.63) is 83.9 Å². The highest BCUT2D eigenvalue weighted by molar-refractivity contribution is 6.07. The Labute approximate surface area is 161 Å². The molecule has 1 unspecified atom stereocenters. The van der Waals surface area contributed by atoms with Crippen molar-refractivity contribution in [3.8, 4) is 0 Å². The zero-order chi connectivity index (χ0) is 19.6. The van der Waals surface area contributed by atoms with Gasteiger partial charge in [-0.15, -0.1) is 0 Å². The van der Waals surface area contributed by atoms with Crippen molar-refractivity contribution in [1.29, 1.82) is 0 Å². The molecule has 4 rings (SSSR count). The van der Waals surface area contributed by atoms with Crippen LogP contribution in [0.25, 0.3) is 0 Å². The second-order valence-corrected chi connectivity index (χ2v) is 6.91. The van der Waals surface area contributed by atoms with Crippen LogP contribution in [0.3, 0.4) is 0 Å². The van der Waals surface area contributed by atoms with Gasteiger partial charge in [-0.1, -0.05) is 47.6 Å². The second kappa shape index (κ2) is 7.26. The summed E-state index contributed by atoms with van der Waals surface area (Å²) in [6, 6.07) is 15.8. The molecule has 0 saturated heterocycles. The topological polar surface area (TPSA) is 68.5 Å². The van der Waals surface area contributed by atoms with Crippen LogP contribution in [-0.2, 0) is 16.2 Å². The van der Waals surface area contributed by atoms with Crippen LogP contribution in [-0.4, -0.2) is 27.0 Å². The predicted molar refractivity (Wildman–Crippen MR) is 103 cm³/mol. The lowest BCUT2D eigenvalue weighted by Crippen LogP contribution is -2.40. The number of benzene rings is 2. The van der Waals surface area contributed by atoms with E-state index in [1.54, 1.807) is 36.1 Å². The summed E-state index contributed by atoms with van der Waals surface area (Å²) in [5.74, 6) is -0.567. The molecule has 142 valence electrons. The molecule has 0 saturated carbocycles. The summed E-state index contributed by atoms with van der Waals surface area (Å²) >= 11 is 0. The van der Waals surface area contributed by atoms with E-state index in [9.17, 15) is 9.18 Å². The number of halogens is 1. The highest BCUT2D eigenvalue weighted by atomic mass is 19.1. The Balaban J connectivity index is 1.39. The van der Waals surface area contributed by atoms with Crippen LogP contribution >= 0.6 is 0 Å². The van der Waals surface area contributed by atoms with Crippen molar-refractivity contribution in [1.82, 2.24) is 9.78 Å². The number of hydrogen-bond acceptors (Lipinski definition) is 4. The average Bonchev–Trinajstić information content (AvgIpc) is 3.32. The van der Waals surface area contributed by atoms with Crippen molar-refractivity contribution in [2.75, 3.05) is 5.32 Å². The summed E-state index contributed by atoms with van der Waals surface area (Å²) in [5, 5.41) is 11.2. The smallest absolute Gasteiger partial charge is 0.271 e. The normalized spacial score (nSPS) is 18.4. The van der Waals surface area contributed by atoms with E-state index in [0.717, 1.165) is 16.8 Å². The van der Waals surface area contributed by atoms with Crippen LogP contribution in [0, 0.1) is 5.82 Å². The number of carbonyl (C=O) groups excluding carboxylic acids is 1. The van der Waals surface area contributed by atoms with Gasteiger partial charge in [0.15, 0.2) is 0 Å². The molecule has 1 aromatic heterocycles. The summed E-state index contributed by atoms with van der Waals surface area (Å²) in [5.41, 5.74) is 2.07. The van der Waals surface area contributed by atoms with E-state index in [-0.39, 0.29) is 11.7 Å². The molecule has 1 aliphatic rings. The fraction of sp³-hybridized carbons (Fsp3) is 0.190. The Bertz CT molecular complexity index is 1010. The maximum Gasteiger partial charge on any atom is 0.271 e. The molecule has 2 aromatic carbocycles. The Morgan fingerprint density at radius 3 is 2.71 bits per heavy atom. The first-order valence-corrected chi connectivity index (χ1v) is 8.91. The molecule has 0 aliphatic carbocycles. The number of hydrogen-bond donors (Lipinski definition) is 1. The minimum absolute atomic E-state index is 0.279. The third-order valence-electron chi connectivity index (χ3n) is 4.60. The number of rotatable bonds is 5. The fourth-order valence-electron chi connectivity index (χ4n) is 3.00. The van der Waals surface area contributed by atoms with Gasteiger partial charge in [-0.25, -0.2) is 4.39 Å². The lowest BCUT2D eigenvalue weighted by atomic mass is 9.95. The third kappa shape index (κ3) is 3.78. The molecular formula is C21H19FN4O2. The average molecular weight is 378 g/mol. The van der Waals surface area contributed by atoms with Crippen LogP contribution in [0.2, 0.25) is 0 Å². The van der Waals surface area contributed by atoms with Gasteiger partial charge in [0.1, 0.15) is 5.82 Å². The largest absolute Gasteiger partial charge is 0.379 e. The van der Waals surface area contributed by atoms with Gasteiger partial charge in [-0.2, -0.15) is 5.10 Å². The molecule has 1 aliphatic heterocycles. The summed E-state index contributed by atoms with van der Waals surface area (Å²) in [6.07, 6.45) is 3.67. The van der Waals surface area contributed by atoms with Gasteiger partial charge in [-0.3, -0.25) is 9.48 Å². The summed E-state index contributed by atoms with van der Waals surface area (Å²) in [7, 11) is 0. The van der Waals surface area contributed by atoms with Gasteiger partial charge in [0.2, 0.25) is 5.60 Å². The Morgan fingerprint density at radius 1 is 1.21 bits per heavy atom. The summed E-state index contributed by atoms with van der Waals surface area (Å²) < 4.78 is 14.7. The first-order valence-electron chi connectivity index (χ1n) is 8.91. The van der Waals surface area contributed by atoms with E-state index in [1.165, 1.54) is 12.1 Å². The quantitative estimate of drug-likeness (QED) is 0.738. The molecule has 0 bridgehead atoms. The van der Waals surface area contributed by atoms with E-state index < -0.39 is 5.60 Å². The van der Waals surface area contributed by atoms with E-state index in [2.05, 4.69) is 15.6 Å². The lowest BCUT2D eigenvalue weighted by molar-refractivity contribution is -0.135. The number of nitrogens with one attached hydrogen (secondary N) is 1. The van der Waals surface area contributed by atoms with E-state index >= 15 is 0 Å². The number of oxime groups is 1. The molecule has 0 fully saturated rings. The standard InChI is InChI=1S/C21H19FN4O2/c1-21(11-19(25-28-21)16-5-3-2-4-6-16)20(27)24-18-12-23-26(14-18)13-15-7-9-17(22)10-8-15/h2-10,12,14H,11,13H2,1H3,(H,24,27). The van der Waals surface area contributed by atoms with Gasteiger partial charge in [0.25, 0.3) is 5.91 Å². The van der Waals surface area contributed by atoms with Crippen molar-refractivity contribution >= 4 is 17.3 Å². The first-order chi connectivity index (χ1) is 13.5.